The number of primary amides is 2. The summed E-state index contributed by atoms with van der Waals surface area (Å²) in [4.78, 5) is 21.4. The molecule has 0 saturated heterocycles. The molecule has 4 N–H and O–H groups in total. The Balaban J connectivity index is 3.24. The lowest BCUT2D eigenvalue weighted by Gasteiger charge is -2.02. The predicted octanol–water partition coefficient (Wildman–Crippen LogP) is 11.1. The maximum absolute atomic E-state index is 10.7. The Kier molecular flexibility index (Phi) is 33.3. The lowest BCUT2D eigenvalue weighted by atomic mass is 10.0. The van der Waals surface area contributed by atoms with Crippen LogP contribution in [0.2, 0.25) is 0 Å². The van der Waals surface area contributed by atoms with Crippen molar-refractivity contribution < 1.29 is 9.59 Å². The van der Waals surface area contributed by atoms with E-state index < -0.39 is 0 Å². The first-order valence-corrected chi connectivity index (χ1v) is 17.8. The first kappa shape index (κ1) is 39.9. The van der Waals surface area contributed by atoms with Gasteiger partial charge in [0.15, 0.2) is 0 Å². The number of amides is 2. The van der Waals surface area contributed by atoms with E-state index in [4.69, 9.17) is 11.5 Å². The fraction of sp³-hybridized carbons (Fsp3) is 0.737. The highest BCUT2D eigenvalue weighted by atomic mass is 16.1. The number of unbranched alkanes of at least 4 members (excludes halogenated alkanes) is 21. The Morgan fingerprint density at radius 3 is 0.762 bits per heavy atom. The van der Waals surface area contributed by atoms with E-state index in [1.165, 1.54) is 128 Å². The molecule has 242 valence electrons. The van der Waals surface area contributed by atoms with Crippen LogP contribution in [0.1, 0.15) is 180 Å². The molecule has 0 rings (SSSR count). The van der Waals surface area contributed by atoms with Crippen molar-refractivity contribution in [2.24, 2.45) is 11.5 Å². The smallest absolute Gasteiger partial charge is 0.217 e. The Bertz CT molecular complexity index is 648. The van der Waals surface area contributed by atoms with E-state index in [2.05, 4.69) is 48.6 Å². The van der Waals surface area contributed by atoms with Gasteiger partial charge in [-0.15, -0.1) is 0 Å². The summed E-state index contributed by atoms with van der Waals surface area (Å²) >= 11 is 0. The zero-order chi connectivity index (χ0) is 30.6. The molecule has 0 radical (unpaired) electrons. The Labute approximate surface area is 260 Å². The van der Waals surface area contributed by atoms with Gasteiger partial charge in [-0.25, -0.2) is 0 Å². The van der Waals surface area contributed by atoms with Crippen molar-refractivity contribution in [1.29, 1.82) is 0 Å². The molecule has 0 aromatic heterocycles. The summed E-state index contributed by atoms with van der Waals surface area (Å²) in [5.74, 6) is -0.344. The monoisotopic (exact) mass is 585 g/mol. The Hall–Kier alpha value is -2.10. The first-order valence-electron chi connectivity index (χ1n) is 17.8. The molecule has 0 aliphatic heterocycles. The zero-order valence-corrected chi connectivity index (χ0v) is 27.4. The molecule has 2 amide bonds. The van der Waals surface area contributed by atoms with Gasteiger partial charge in [-0.3, -0.25) is 9.59 Å². The zero-order valence-electron chi connectivity index (χ0n) is 27.4. The van der Waals surface area contributed by atoms with Crippen LogP contribution in [0.3, 0.4) is 0 Å². The van der Waals surface area contributed by atoms with Gasteiger partial charge >= 0.3 is 0 Å². The van der Waals surface area contributed by atoms with Crippen LogP contribution in [-0.4, -0.2) is 11.8 Å². The molecule has 42 heavy (non-hydrogen) atoms. The number of hydrogen-bond donors (Lipinski definition) is 2. The van der Waals surface area contributed by atoms with Crippen molar-refractivity contribution in [1.82, 2.24) is 0 Å². The quantitative estimate of drug-likeness (QED) is 0.0593. The van der Waals surface area contributed by atoms with Gasteiger partial charge in [-0.1, -0.05) is 138 Å². The van der Waals surface area contributed by atoms with Gasteiger partial charge in [0, 0.05) is 12.8 Å². The van der Waals surface area contributed by atoms with Crippen molar-refractivity contribution in [3.05, 3.63) is 48.6 Å². The first-order chi connectivity index (χ1) is 20.6. The van der Waals surface area contributed by atoms with E-state index >= 15 is 0 Å². The van der Waals surface area contributed by atoms with E-state index in [-0.39, 0.29) is 11.8 Å². The molecule has 0 heterocycles. The summed E-state index contributed by atoms with van der Waals surface area (Å²) in [6.45, 7) is 0. The molecule has 0 aliphatic rings. The molecule has 0 fully saturated rings. The van der Waals surface area contributed by atoms with Crippen LogP contribution in [0.4, 0.5) is 0 Å². The van der Waals surface area contributed by atoms with Gasteiger partial charge in [-0.2, -0.15) is 0 Å². The second-order valence-corrected chi connectivity index (χ2v) is 12.0. The highest BCUT2D eigenvalue weighted by molar-refractivity contribution is 5.73. The minimum Gasteiger partial charge on any atom is -0.370 e. The normalized spacial score (nSPS) is 12.1. The summed E-state index contributed by atoms with van der Waals surface area (Å²) in [5.41, 5.74) is 10.3. The van der Waals surface area contributed by atoms with E-state index in [0.717, 1.165) is 38.5 Å². The third-order valence-electron chi connectivity index (χ3n) is 7.79. The molecule has 0 aliphatic carbocycles. The second-order valence-electron chi connectivity index (χ2n) is 12.0. The molecule has 0 unspecified atom stereocenters. The van der Waals surface area contributed by atoms with Crippen LogP contribution >= 0.6 is 0 Å². The van der Waals surface area contributed by atoms with Gasteiger partial charge in [0.2, 0.25) is 11.8 Å². The minimum absolute atomic E-state index is 0.172. The summed E-state index contributed by atoms with van der Waals surface area (Å²) in [6.07, 6.45) is 52.0. The topological polar surface area (TPSA) is 86.2 Å². The summed E-state index contributed by atoms with van der Waals surface area (Å²) < 4.78 is 0. The fourth-order valence-electron chi connectivity index (χ4n) is 5.14. The molecule has 4 heteroatoms. The number of rotatable bonds is 33. The van der Waals surface area contributed by atoms with Gasteiger partial charge in [0.25, 0.3) is 0 Å². The number of carbonyl (C=O) groups is 2. The van der Waals surface area contributed by atoms with Gasteiger partial charge < -0.3 is 11.5 Å². The second kappa shape index (κ2) is 35.1. The van der Waals surface area contributed by atoms with Gasteiger partial charge in [0.1, 0.15) is 0 Å². The van der Waals surface area contributed by atoms with E-state index in [9.17, 15) is 9.59 Å². The Morgan fingerprint density at radius 2 is 0.524 bits per heavy atom. The molecule has 4 nitrogen and oxygen atoms in total. The average molecular weight is 585 g/mol. The van der Waals surface area contributed by atoms with Crippen LogP contribution in [-0.2, 0) is 9.59 Å². The molecule has 0 bridgehead atoms. The summed E-state index contributed by atoms with van der Waals surface area (Å²) in [6, 6.07) is 0. The van der Waals surface area contributed by atoms with Crippen LogP contribution < -0.4 is 11.5 Å². The number of nitrogens with two attached hydrogens (primary N) is 2. The molecule has 0 spiro atoms. The molecule has 0 aromatic carbocycles. The highest BCUT2D eigenvalue weighted by Gasteiger charge is 1.96. The third kappa shape index (κ3) is 37.9. The van der Waals surface area contributed by atoms with Crippen molar-refractivity contribution in [3.63, 3.8) is 0 Å². The van der Waals surface area contributed by atoms with Crippen LogP contribution in [0.15, 0.2) is 48.6 Å². The van der Waals surface area contributed by atoms with E-state index in [1.807, 2.05) is 0 Å². The predicted molar refractivity (Wildman–Crippen MR) is 184 cm³/mol. The number of carbonyl (C=O) groups excluding carboxylic acids is 2. The maximum atomic E-state index is 10.7. The molecule has 0 aromatic rings. The largest absolute Gasteiger partial charge is 0.370 e. The van der Waals surface area contributed by atoms with Gasteiger partial charge in [-0.05, 0) is 77.0 Å². The van der Waals surface area contributed by atoms with Crippen molar-refractivity contribution >= 4 is 11.8 Å². The van der Waals surface area contributed by atoms with Crippen LogP contribution in [0.5, 0.6) is 0 Å². The van der Waals surface area contributed by atoms with E-state index in [0.29, 0.717) is 12.8 Å². The van der Waals surface area contributed by atoms with E-state index in [1.54, 1.807) is 0 Å². The third-order valence-corrected chi connectivity index (χ3v) is 7.79. The van der Waals surface area contributed by atoms with Crippen LogP contribution in [0.25, 0.3) is 0 Å². The lowest BCUT2D eigenvalue weighted by Crippen LogP contribution is -2.09. The molecular formula is C38H68N2O2. The van der Waals surface area contributed by atoms with Crippen LogP contribution in [0, 0.1) is 0 Å². The molecule has 0 saturated carbocycles. The lowest BCUT2D eigenvalue weighted by molar-refractivity contribution is -0.119. The molecular weight excluding hydrogens is 516 g/mol. The Morgan fingerprint density at radius 1 is 0.310 bits per heavy atom. The average Bonchev–Trinajstić information content (AvgIpc) is 2.96. The minimum atomic E-state index is -0.172. The SMILES string of the molecule is NC(=O)CCCCCCC/C=C\C/C=C\CCCCCCCCCCCC/C=C\C/C=C\CCCCCCCC(N)=O. The maximum Gasteiger partial charge on any atom is 0.217 e. The highest BCUT2D eigenvalue weighted by Crippen LogP contribution is 2.13. The fourth-order valence-corrected chi connectivity index (χ4v) is 5.14. The summed E-state index contributed by atoms with van der Waals surface area (Å²) in [5, 5.41) is 0. The number of hydrogen-bond acceptors (Lipinski definition) is 2. The standard InChI is InChI=1S/C38H68N2O2/c39-37(41)35-33-31-29-27-25-23-21-19-17-15-13-11-9-7-5-3-1-2-4-6-8-10-12-14-16-18-20-22-24-26-28-30-32-34-36-38(40)42/h13-16,19-22H,1-12,17-18,23-36H2,(H2,39,41)(H2,40,42)/b15-13-,16-14-,21-19-,22-20-. The van der Waals surface area contributed by atoms with Gasteiger partial charge in [0.05, 0.1) is 0 Å². The summed E-state index contributed by atoms with van der Waals surface area (Å²) in [7, 11) is 0. The van der Waals surface area contributed by atoms with Crippen molar-refractivity contribution in [3.8, 4) is 0 Å². The van der Waals surface area contributed by atoms with Crippen molar-refractivity contribution in [2.75, 3.05) is 0 Å². The molecule has 0 atom stereocenters. The number of allylic oxidation sites excluding steroid dienone is 8. The van der Waals surface area contributed by atoms with Crippen molar-refractivity contribution in [2.45, 2.75) is 180 Å².